The van der Waals surface area contributed by atoms with Gasteiger partial charge in [0, 0.05) is 18.7 Å². The van der Waals surface area contributed by atoms with Crippen LogP contribution in [-0.2, 0) is 6.54 Å². The highest BCUT2D eigenvalue weighted by atomic mass is 14.8. The van der Waals surface area contributed by atoms with Crippen LogP contribution < -0.4 is 5.32 Å². The van der Waals surface area contributed by atoms with Gasteiger partial charge in [-0.3, -0.25) is 0 Å². The topological polar surface area (TPSA) is 12.0 Å². The number of hydrogen-bond acceptors (Lipinski definition) is 1. The van der Waals surface area contributed by atoms with Crippen LogP contribution in [0.2, 0.25) is 0 Å². The largest absolute Gasteiger partial charge is 0.309 e. The average Bonchev–Trinajstić information content (AvgIpc) is 2.50. The molecule has 20 heavy (non-hydrogen) atoms. The van der Waals surface area contributed by atoms with E-state index >= 15 is 0 Å². The molecule has 0 radical (unpaired) electrons. The summed E-state index contributed by atoms with van der Waals surface area (Å²) in [5.74, 6) is 2.61. The van der Waals surface area contributed by atoms with Gasteiger partial charge >= 0.3 is 0 Å². The lowest BCUT2D eigenvalue weighted by molar-refractivity contribution is 0.747. The van der Waals surface area contributed by atoms with Gasteiger partial charge in [-0.05, 0) is 30.2 Å². The first kappa shape index (κ1) is 18.0. The summed E-state index contributed by atoms with van der Waals surface area (Å²) in [5, 5.41) is 3.39. The summed E-state index contributed by atoms with van der Waals surface area (Å²) in [6, 6.07) is 8.02. The van der Waals surface area contributed by atoms with Crippen LogP contribution in [0.4, 0.5) is 0 Å². The van der Waals surface area contributed by atoms with Crippen LogP contribution >= 0.6 is 0 Å². The molecule has 1 heteroatoms. The van der Waals surface area contributed by atoms with Crippen LogP contribution in [0, 0.1) is 12.3 Å². The summed E-state index contributed by atoms with van der Waals surface area (Å²) in [7, 11) is 0. The fraction of sp³-hybridized carbons (Fsp3) is 0.263. The van der Waals surface area contributed by atoms with Gasteiger partial charge in [0.2, 0.25) is 0 Å². The number of benzene rings is 1. The lowest BCUT2D eigenvalue weighted by atomic mass is 10.1. The standard InChI is InChI=1S/C17H19N.C2H6/c1-4-7-16(8-5-2)13-18-14-17-11-9-15(6-3)10-12-17;1-2/h3-5,7-12,18H,1,13-14H2,2H3;1-2H3/b8-5-,16-7+;. The van der Waals surface area contributed by atoms with Gasteiger partial charge in [0.15, 0.2) is 0 Å². The minimum Gasteiger partial charge on any atom is -0.309 e. The fourth-order valence-corrected chi connectivity index (χ4v) is 1.61. The Morgan fingerprint density at radius 2 is 1.95 bits per heavy atom. The van der Waals surface area contributed by atoms with Crippen molar-refractivity contribution < 1.29 is 0 Å². The summed E-state index contributed by atoms with van der Waals surface area (Å²) < 4.78 is 0. The zero-order chi connectivity index (χ0) is 15.2. The van der Waals surface area contributed by atoms with Crippen LogP contribution in [0.15, 0.2) is 60.7 Å². The van der Waals surface area contributed by atoms with E-state index in [2.05, 4.69) is 36.0 Å². The zero-order valence-corrected chi connectivity index (χ0v) is 12.8. The Bertz CT molecular complexity index is 469. The maximum absolute atomic E-state index is 5.32. The quantitative estimate of drug-likeness (QED) is 0.592. The van der Waals surface area contributed by atoms with Crippen LogP contribution in [-0.4, -0.2) is 6.54 Å². The van der Waals surface area contributed by atoms with Gasteiger partial charge in [-0.2, -0.15) is 0 Å². The maximum atomic E-state index is 5.32. The minimum absolute atomic E-state index is 0.827. The molecule has 0 aliphatic rings. The number of allylic oxidation sites excluding steroid dienone is 3. The highest BCUT2D eigenvalue weighted by Gasteiger charge is 1.94. The van der Waals surface area contributed by atoms with Crippen molar-refractivity contribution in [3.63, 3.8) is 0 Å². The molecular weight excluding hydrogens is 242 g/mol. The average molecular weight is 267 g/mol. The molecule has 0 unspecified atom stereocenters. The summed E-state index contributed by atoms with van der Waals surface area (Å²) in [6.07, 6.45) is 13.2. The predicted molar refractivity (Wildman–Crippen MR) is 90.5 cm³/mol. The third-order valence-electron chi connectivity index (χ3n) is 2.49. The summed E-state index contributed by atoms with van der Waals surface area (Å²) in [4.78, 5) is 0. The van der Waals surface area contributed by atoms with E-state index in [1.807, 2.05) is 45.1 Å². The minimum atomic E-state index is 0.827. The molecule has 0 saturated heterocycles. The molecule has 1 aromatic carbocycles. The summed E-state index contributed by atoms with van der Waals surface area (Å²) in [5.41, 5.74) is 3.36. The van der Waals surface area contributed by atoms with Crippen molar-refractivity contribution in [1.82, 2.24) is 5.32 Å². The first-order chi connectivity index (χ1) is 9.80. The van der Waals surface area contributed by atoms with E-state index in [-0.39, 0.29) is 0 Å². The molecule has 0 fully saturated rings. The van der Waals surface area contributed by atoms with Crippen molar-refractivity contribution in [2.24, 2.45) is 0 Å². The van der Waals surface area contributed by atoms with E-state index < -0.39 is 0 Å². The molecule has 0 bridgehead atoms. The summed E-state index contributed by atoms with van der Waals surface area (Å²) in [6.45, 7) is 11.4. The van der Waals surface area contributed by atoms with Gasteiger partial charge in [0.25, 0.3) is 0 Å². The van der Waals surface area contributed by atoms with Gasteiger partial charge in [-0.25, -0.2) is 0 Å². The molecule has 1 nitrogen and oxygen atoms in total. The maximum Gasteiger partial charge on any atom is 0.0242 e. The second-order valence-electron chi connectivity index (χ2n) is 3.92. The van der Waals surface area contributed by atoms with Crippen molar-refractivity contribution in [2.75, 3.05) is 6.54 Å². The lowest BCUT2D eigenvalue weighted by Gasteiger charge is -2.06. The molecule has 1 aromatic rings. The van der Waals surface area contributed by atoms with E-state index in [4.69, 9.17) is 6.42 Å². The zero-order valence-electron chi connectivity index (χ0n) is 12.8. The molecule has 0 saturated carbocycles. The molecular formula is C19H25N. The van der Waals surface area contributed by atoms with Crippen LogP contribution in [0.25, 0.3) is 0 Å². The van der Waals surface area contributed by atoms with Gasteiger partial charge in [0.05, 0.1) is 0 Å². The van der Waals surface area contributed by atoms with E-state index in [0.717, 1.165) is 18.7 Å². The van der Waals surface area contributed by atoms with Crippen LogP contribution in [0.5, 0.6) is 0 Å². The molecule has 0 aliphatic carbocycles. The molecule has 0 amide bonds. The Morgan fingerprint density at radius 1 is 1.30 bits per heavy atom. The number of nitrogens with one attached hydrogen (secondary N) is 1. The Labute approximate surface area is 124 Å². The molecule has 0 spiro atoms. The molecule has 0 atom stereocenters. The van der Waals surface area contributed by atoms with Crippen molar-refractivity contribution in [3.8, 4) is 12.3 Å². The number of terminal acetylenes is 1. The Hall–Kier alpha value is -2.04. The highest BCUT2D eigenvalue weighted by molar-refractivity contribution is 5.34. The normalized spacial score (nSPS) is 10.6. The third kappa shape index (κ3) is 7.41. The second kappa shape index (κ2) is 12.0. The molecule has 1 N–H and O–H groups in total. The molecule has 0 aromatic heterocycles. The van der Waals surface area contributed by atoms with Crippen LogP contribution in [0.1, 0.15) is 31.9 Å². The van der Waals surface area contributed by atoms with Gasteiger partial charge in [-0.15, -0.1) is 6.42 Å². The SMILES string of the molecule is C#Cc1ccc(CNCC(/C=C\C)=C/C=C)cc1.CC. The fourth-order valence-electron chi connectivity index (χ4n) is 1.61. The Morgan fingerprint density at radius 3 is 2.45 bits per heavy atom. The van der Waals surface area contributed by atoms with Crippen molar-refractivity contribution in [3.05, 3.63) is 71.8 Å². The third-order valence-corrected chi connectivity index (χ3v) is 2.49. The predicted octanol–water partition coefficient (Wildman–Crippen LogP) is 4.47. The van der Waals surface area contributed by atoms with Gasteiger partial charge in [-0.1, -0.05) is 62.8 Å². The van der Waals surface area contributed by atoms with Crippen LogP contribution in [0.3, 0.4) is 0 Å². The first-order valence-electron chi connectivity index (χ1n) is 7.00. The molecule has 106 valence electrons. The second-order valence-corrected chi connectivity index (χ2v) is 3.92. The Balaban J connectivity index is 0.00000172. The van der Waals surface area contributed by atoms with Crippen molar-refractivity contribution in [2.45, 2.75) is 27.3 Å². The lowest BCUT2D eigenvalue weighted by Crippen LogP contribution is -2.15. The number of hydrogen-bond donors (Lipinski definition) is 1. The number of rotatable bonds is 6. The van der Waals surface area contributed by atoms with E-state index in [1.54, 1.807) is 6.08 Å². The highest BCUT2D eigenvalue weighted by Crippen LogP contribution is 2.03. The smallest absolute Gasteiger partial charge is 0.0242 e. The van der Waals surface area contributed by atoms with E-state index in [0.29, 0.717) is 0 Å². The van der Waals surface area contributed by atoms with E-state index in [1.165, 1.54) is 11.1 Å². The molecule has 0 aliphatic heterocycles. The van der Waals surface area contributed by atoms with E-state index in [9.17, 15) is 0 Å². The monoisotopic (exact) mass is 267 g/mol. The van der Waals surface area contributed by atoms with Gasteiger partial charge in [0.1, 0.15) is 0 Å². The first-order valence-corrected chi connectivity index (χ1v) is 7.00. The summed E-state index contributed by atoms with van der Waals surface area (Å²) >= 11 is 0. The van der Waals surface area contributed by atoms with Gasteiger partial charge < -0.3 is 5.32 Å². The van der Waals surface area contributed by atoms with Crippen molar-refractivity contribution >= 4 is 0 Å². The Kier molecular flexibility index (Phi) is 10.8. The molecule has 0 heterocycles. The van der Waals surface area contributed by atoms with Crippen molar-refractivity contribution in [1.29, 1.82) is 0 Å². The molecule has 1 rings (SSSR count).